The third-order valence-electron chi connectivity index (χ3n) is 7.74. The van der Waals surface area contributed by atoms with Crippen molar-refractivity contribution in [2.75, 3.05) is 14.2 Å². The Kier molecular flexibility index (Phi) is 10.2. The molecule has 0 aliphatic carbocycles. The summed E-state index contributed by atoms with van der Waals surface area (Å²) < 4.78 is 25.9. The van der Waals surface area contributed by atoms with Crippen LogP contribution < -0.4 is 5.32 Å². The van der Waals surface area contributed by atoms with E-state index in [1.54, 1.807) is 42.6 Å². The van der Waals surface area contributed by atoms with Gasteiger partial charge in [-0.1, -0.05) is 26.0 Å². The summed E-state index contributed by atoms with van der Waals surface area (Å²) in [7, 11) is 2.51. The maximum absolute atomic E-state index is 14.0. The number of nitrogens with zero attached hydrogens (tertiary/aromatic N) is 2. The Labute approximate surface area is 265 Å². The summed E-state index contributed by atoms with van der Waals surface area (Å²) in [5, 5.41) is 27.6. The molecule has 3 N–H and O–H groups in total. The highest BCUT2D eigenvalue weighted by Crippen LogP contribution is 2.42. The second-order valence-electron chi connectivity index (χ2n) is 11.3. The third-order valence-corrected chi connectivity index (χ3v) is 7.74. The maximum Gasteiger partial charge on any atom is 0.336 e. The first-order valence-electron chi connectivity index (χ1n) is 14.5. The number of carboxylic acids is 1. The quantitative estimate of drug-likeness (QED) is 0.201. The van der Waals surface area contributed by atoms with Crippen molar-refractivity contribution in [2.45, 2.75) is 58.5 Å². The smallest absolute Gasteiger partial charge is 0.336 e. The molecule has 0 bridgehead atoms. The number of allylic oxidation sites excluding steroid dienone is 2. The van der Waals surface area contributed by atoms with E-state index in [9.17, 15) is 28.7 Å². The number of Topliss-reactive ketones (excluding diaryl/α,β-unsaturated/α-hetero) is 1. The second kappa shape index (κ2) is 13.9. The van der Waals surface area contributed by atoms with E-state index in [4.69, 9.17) is 19.7 Å². The normalized spacial score (nSPS) is 14.6. The molecule has 3 aromatic rings. The molecule has 3 heterocycles. The van der Waals surface area contributed by atoms with E-state index in [1.807, 2.05) is 19.9 Å². The van der Waals surface area contributed by atoms with Crippen molar-refractivity contribution < 1.29 is 43.3 Å². The van der Waals surface area contributed by atoms with Crippen LogP contribution in [0.4, 0.5) is 4.39 Å². The number of hydrogen-bond donors (Lipinski definition) is 3. The first-order valence-corrected chi connectivity index (χ1v) is 14.5. The molecule has 1 unspecified atom stereocenters. The zero-order chi connectivity index (χ0) is 33.9. The highest BCUT2D eigenvalue weighted by molar-refractivity contribution is 6.00. The van der Waals surface area contributed by atoms with Gasteiger partial charge in [0, 0.05) is 28.9 Å². The standard InChI is InChI=1S/C34H36FN3O8/c1-17(2)28-24(12-11-22(39)15-23(40)16-27(41)42)32(20-7-9-21(35)10-8-20)37-38-25(28)13-14-26(38)31-29(33(43)45-5)18(3)36-19(4)30(31)34(44)46-6/h7-14,17,22,31,36,39H,15-16H2,1-6H3,(H,41,42). The molecule has 11 nitrogen and oxygen atoms in total. The van der Waals surface area contributed by atoms with E-state index >= 15 is 0 Å². The topological polar surface area (TPSA) is 157 Å². The van der Waals surface area contributed by atoms with Crippen LogP contribution in [0.5, 0.6) is 0 Å². The van der Waals surface area contributed by atoms with Crippen molar-refractivity contribution in [2.24, 2.45) is 0 Å². The predicted molar refractivity (Wildman–Crippen MR) is 167 cm³/mol. The zero-order valence-corrected chi connectivity index (χ0v) is 26.4. The summed E-state index contributed by atoms with van der Waals surface area (Å²) in [6.45, 7) is 7.33. The number of aromatic nitrogens is 2. The highest BCUT2D eigenvalue weighted by Gasteiger charge is 2.39. The lowest BCUT2D eigenvalue weighted by Gasteiger charge is -2.30. The van der Waals surface area contributed by atoms with Crippen LogP contribution in [-0.4, -0.2) is 63.8 Å². The van der Waals surface area contributed by atoms with Crippen molar-refractivity contribution >= 4 is 35.3 Å². The van der Waals surface area contributed by atoms with Crippen molar-refractivity contribution in [3.05, 3.63) is 87.7 Å². The number of hydrogen-bond acceptors (Lipinski definition) is 9. The molecule has 4 rings (SSSR count). The lowest BCUT2D eigenvalue weighted by atomic mass is 9.83. The average Bonchev–Trinajstić information content (AvgIpc) is 3.41. The van der Waals surface area contributed by atoms with E-state index in [0.717, 1.165) is 5.56 Å². The van der Waals surface area contributed by atoms with Crippen LogP contribution in [0.1, 0.15) is 69.2 Å². The number of methoxy groups -OCH3 is 2. The molecule has 46 heavy (non-hydrogen) atoms. The summed E-state index contributed by atoms with van der Waals surface area (Å²) in [6, 6.07) is 9.26. The molecule has 0 fully saturated rings. The molecular weight excluding hydrogens is 597 g/mol. The van der Waals surface area contributed by atoms with Crippen LogP contribution in [0, 0.1) is 5.82 Å². The summed E-state index contributed by atoms with van der Waals surface area (Å²) >= 11 is 0. The molecule has 0 amide bonds. The van der Waals surface area contributed by atoms with Crippen LogP contribution in [0.2, 0.25) is 0 Å². The van der Waals surface area contributed by atoms with Crippen molar-refractivity contribution in [1.82, 2.24) is 14.9 Å². The van der Waals surface area contributed by atoms with Gasteiger partial charge in [0.25, 0.3) is 0 Å². The minimum atomic E-state index is -1.28. The van der Waals surface area contributed by atoms with Gasteiger partial charge in [-0.25, -0.2) is 18.5 Å². The van der Waals surface area contributed by atoms with Gasteiger partial charge in [0.1, 0.15) is 18.0 Å². The number of ketones is 1. The Morgan fingerprint density at radius 3 is 2.11 bits per heavy atom. The van der Waals surface area contributed by atoms with Gasteiger partial charge in [-0.3, -0.25) is 9.59 Å². The lowest BCUT2D eigenvalue weighted by Crippen LogP contribution is -2.32. The van der Waals surface area contributed by atoms with Gasteiger partial charge in [0.05, 0.1) is 54.3 Å². The molecule has 0 spiro atoms. The summed E-state index contributed by atoms with van der Waals surface area (Å²) in [5.41, 5.74) is 4.76. The zero-order valence-electron chi connectivity index (χ0n) is 26.4. The number of carboxylic acid groups (broad SMARTS) is 1. The molecule has 12 heteroatoms. The number of nitrogens with one attached hydrogen (secondary N) is 1. The van der Waals surface area contributed by atoms with E-state index in [-0.39, 0.29) is 17.1 Å². The predicted octanol–water partition coefficient (Wildman–Crippen LogP) is 4.65. The second-order valence-corrected chi connectivity index (χ2v) is 11.3. The SMILES string of the molecule is COC(=O)C1=C(C)NC(C)=C(C(=O)OC)C1c1ccc2c(C(C)C)c(C=CC(O)CC(=O)CC(=O)O)c(-c3ccc(F)cc3)nn12. The molecule has 0 saturated heterocycles. The monoisotopic (exact) mass is 633 g/mol. The Morgan fingerprint density at radius 2 is 1.59 bits per heavy atom. The summed E-state index contributed by atoms with van der Waals surface area (Å²) in [4.78, 5) is 49.3. The van der Waals surface area contributed by atoms with Gasteiger partial charge in [-0.05, 0) is 61.7 Å². The number of aliphatic hydroxyl groups is 1. The summed E-state index contributed by atoms with van der Waals surface area (Å²) in [6.07, 6.45) is 0.642. The van der Waals surface area contributed by atoms with Crippen molar-refractivity contribution in [3.63, 3.8) is 0 Å². The highest BCUT2D eigenvalue weighted by atomic mass is 19.1. The fraction of sp³-hybridized carbons (Fsp3) is 0.324. The maximum atomic E-state index is 14.0. The van der Waals surface area contributed by atoms with Crippen LogP contribution in [0.3, 0.4) is 0 Å². The average molecular weight is 634 g/mol. The van der Waals surface area contributed by atoms with Crippen LogP contribution >= 0.6 is 0 Å². The number of rotatable bonds is 11. The number of carbonyl (C=O) groups is 4. The van der Waals surface area contributed by atoms with E-state index < -0.39 is 54.4 Å². The number of ether oxygens (including phenoxy) is 2. The first kappa shape index (κ1) is 33.8. The summed E-state index contributed by atoms with van der Waals surface area (Å²) in [5.74, 6) is -4.73. The molecule has 1 atom stereocenters. The number of dihydropyridines is 1. The van der Waals surface area contributed by atoms with Gasteiger partial charge in [0.2, 0.25) is 0 Å². The molecular formula is C34H36FN3O8. The number of halogens is 1. The van der Waals surface area contributed by atoms with Crippen LogP contribution in [-0.2, 0) is 28.7 Å². The number of aliphatic carboxylic acids is 1. The Balaban J connectivity index is 2.03. The van der Waals surface area contributed by atoms with Crippen LogP contribution in [0.15, 0.2) is 65.0 Å². The third kappa shape index (κ3) is 6.76. The van der Waals surface area contributed by atoms with Gasteiger partial charge < -0.3 is 25.0 Å². The number of carbonyl (C=O) groups excluding carboxylic acids is 3. The fourth-order valence-corrected chi connectivity index (χ4v) is 5.79. The van der Waals surface area contributed by atoms with Crippen molar-refractivity contribution in [1.29, 1.82) is 0 Å². The van der Waals surface area contributed by atoms with Crippen molar-refractivity contribution in [3.8, 4) is 11.3 Å². The molecule has 242 valence electrons. The first-order chi connectivity index (χ1) is 21.8. The van der Waals surface area contributed by atoms with E-state index in [1.165, 1.54) is 32.4 Å². The number of aliphatic hydroxyl groups excluding tert-OH is 1. The van der Waals surface area contributed by atoms with Gasteiger partial charge in [-0.2, -0.15) is 5.10 Å². The Morgan fingerprint density at radius 1 is 1.00 bits per heavy atom. The molecule has 2 aromatic heterocycles. The fourth-order valence-electron chi connectivity index (χ4n) is 5.79. The minimum Gasteiger partial charge on any atom is -0.481 e. The molecule has 1 aliphatic rings. The lowest BCUT2D eigenvalue weighted by molar-refractivity contribution is -0.141. The number of fused-ring (bicyclic) bond motifs is 1. The Bertz CT molecular complexity index is 1760. The van der Waals surface area contributed by atoms with Gasteiger partial charge in [0.15, 0.2) is 0 Å². The molecule has 0 saturated carbocycles. The molecule has 1 aromatic carbocycles. The van der Waals surface area contributed by atoms with Gasteiger partial charge >= 0.3 is 17.9 Å². The van der Waals surface area contributed by atoms with Gasteiger partial charge in [-0.15, -0.1) is 0 Å². The molecule has 0 radical (unpaired) electrons. The number of benzene rings is 1. The minimum absolute atomic E-state index is 0.138. The number of esters is 2. The van der Waals surface area contributed by atoms with Crippen LogP contribution in [0.25, 0.3) is 22.9 Å². The Hall–Kier alpha value is -5.10. The molecule has 1 aliphatic heterocycles. The largest absolute Gasteiger partial charge is 0.481 e. The van der Waals surface area contributed by atoms with E-state index in [2.05, 4.69) is 5.32 Å². The van der Waals surface area contributed by atoms with E-state index in [0.29, 0.717) is 39.4 Å².